The fraction of sp³-hybridized carbons (Fsp3) is 0.375. The number of benzene rings is 1. The van der Waals surface area contributed by atoms with Gasteiger partial charge in [-0.2, -0.15) is 0 Å². The molecule has 1 aromatic carbocycles. The Morgan fingerprint density at radius 3 is 2.77 bits per heavy atom. The molecule has 31 heavy (non-hydrogen) atoms. The Morgan fingerprint density at radius 2 is 2.00 bits per heavy atom. The van der Waals surface area contributed by atoms with Crippen LogP contribution in [0.25, 0.3) is 22.2 Å². The zero-order chi connectivity index (χ0) is 21.5. The van der Waals surface area contributed by atoms with Crippen molar-refractivity contribution >= 4 is 16.8 Å². The number of rotatable bonds is 8. The number of nitrogens with zero attached hydrogens (tertiary/aromatic N) is 3. The van der Waals surface area contributed by atoms with Gasteiger partial charge in [0.2, 0.25) is 0 Å². The molecule has 4 rings (SSSR count). The first-order valence-corrected chi connectivity index (χ1v) is 10.8. The van der Waals surface area contributed by atoms with Crippen LogP contribution >= 0.6 is 0 Å². The normalized spacial score (nSPS) is 14.5. The summed E-state index contributed by atoms with van der Waals surface area (Å²) in [6.07, 6.45) is 4.29. The van der Waals surface area contributed by atoms with Gasteiger partial charge >= 0.3 is 0 Å². The van der Waals surface area contributed by atoms with E-state index in [-0.39, 0.29) is 5.91 Å². The summed E-state index contributed by atoms with van der Waals surface area (Å²) in [6, 6.07) is 11.4. The molecule has 0 bridgehead atoms. The molecule has 1 saturated heterocycles. The fourth-order valence-electron chi connectivity index (χ4n) is 3.73. The highest BCUT2D eigenvalue weighted by atomic mass is 16.5. The van der Waals surface area contributed by atoms with Gasteiger partial charge in [0.15, 0.2) is 0 Å². The van der Waals surface area contributed by atoms with Gasteiger partial charge in [-0.15, -0.1) is 0 Å². The lowest BCUT2D eigenvalue weighted by Gasteiger charge is -2.26. The fourth-order valence-corrected chi connectivity index (χ4v) is 3.73. The summed E-state index contributed by atoms with van der Waals surface area (Å²) in [7, 11) is 0. The van der Waals surface area contributed by atoms with Crippen LogP contribution in [0, 0.1) is 0 Å². The Balaban J connectivity index is 1.49. The number of fused-ring (bicyclic) bond motifs is 1. The van der Waals surface area contributed by atoms with E-state index in [1.165, 1.54) is 0 Å². The minimum atomic E-state index is -0.0900. The minimum absolute atomic E-state index is 0.0900. The first-order chi connectivity index (χ1) is 15.2. The molecule has 1 aliphatic heterocycles. The summed E-state index contributed by atoms with van der Waals surface area (Å²) in [5.41, 5.74) is 2.98. The zero-order valence-electron chi connectivity index (χ0n) is 17.8. The summed E-state index contributed by atoms with van der Waals surface area (Å²) in [4.78, 5) is 24.3. The maximum atomic E-state index is 13.0. The maximum Gasteiger partial charge on any atom is 0.252 e. The predicted molar refractivity (Wildman–Crippen MR) is 120 cm³/mol. The Morgan fingerprint density at radius 1 is 1.19 bits per heavy atom. The van der Waals surface area contributed by atoms with Crippen LogP contribution in [0.1, 0.15) is 23.7 Å². The standard InChI is InChI=1S/C24H28N4O3/c1-2-31-19-6-4-18(5-7-19)22-16-21(20-8-10-25-17-23(20)27-22)24(29)26-9-3-11-28-12-14-30-15-13-28/h4-8,10,16-17H,2-3,9,11-15H2,1H3,(H,26,29). The van der Waals surface area contributed by atoms with Crippen molar-refractivity contribution in [2.75, 3.05) is 46.0 Å². The molecule has 3 aromatic rings. The lowest BCUT2D eigenvalue weighted by molar-refractivity contribution is 0.0374. The zero-order valence-corrected chi connectivity index (χ0v) is 17.8. The van der Waals surface area contributed by atoms with Crippen molar-refractivity contribution in [3.8, 4) is 17.0 Å². The van der Waals surface area contributed by atoms with E-state index in [4.69, 9.17) is 14.5 Å². The molecule has 0 spiro atoms. The number of morpholine rings is 1. The van der Waals surface area contributed by atoms with Gasteiger partial charge in [-0.25, -0.2) is 4.98 Å². The SMILES string of the molecule is CCOc1ccc(-c2cc(C(=O)NCCCN3CCOCC3)c3ccncc3n2)cc1. The van der Waals surface area contributed by atoms with Gasteiger partial charge in [0.1, 0.15) is 5.75 Å². The third kappa shape index (κ3) is 5.37. The van der Waals surface area contributed by atoms with Crippen LogP contribution in [0.15, 0.2) is 48.8 Å². The number of pyridine rings is 2. The Kier molecular flexibility index (Phi) is 7.07. The molecule has 0 atom stereocenters. The molecular formula is C24H28N4O3. The average Bonchev–Trinajstić information content (AvgIpc) is 2.82. The summed E-state index contributed by atoms with van der Waals surface area (Å²) in [5.74, 6) is 0.722. The number of hydrogen-bond acceptors (Lipinski definition) is 6. The van der Waals surface area contributed by atoms with Crippen molar-refractivity contribution in [2.45, 2.75) is 13.3 Å². The van der Waals surface area contributed by atoms with Gasteiger partial charge in [0, 0.05) is 36.8 Å². The van der Waals surface area contributed by atoms with E-state index >= 15 is 0 Å². The molecule has 7 heteroatoms. The van der Waals surface area contributed by atoms with Gasteiger partial charge in [0.25, 0.3) is 5.91 Å². The molecule has 0 aliphatic carbocycles. The third-order valence-electron chi connectivity index (χ3n) is 5.36. The molecule has 162 valence electrons. The summed E-state index contributed by atoms with van der Waals surface area (Å²) in [5, 5.41) is 3.87. The molecule has 3 heterocycles. The molecule has 1 amide bonds. The summed E-state index contributed by atoms with van der Waals surface area (Å²) < 4.78 is 10.9. The summed E-state index contributed by atoms with van der Waals surface area (Å²) >= 11 is 0. The van der Waals surface area contributed by atoms with E-state index in [2.05, 4.69) is 15.2 Å². The first-order valence-electron chi connectivity index (χ1n) is 10.8. The van der Waals surface area contributed by atoms with Crippen LogP contribution in [-0.2, 0) is 4.74 Å². The van der Waals surface area contributed by atoms with Gasteiger partial charge in [0.05, 0.1) is 42.8 Å². The highest BCUT2D eigenvalue weighted by molar-refractivity contribution is 6.07. The Hall–Kier alpha value is -3.03. The monoisotopic (exact) mass is 420 g/mol. The molecule has 1 aliphatic rings. The largest absolute Gasteiger partial charge is 0.494 e. The summed E-state index contributed by atoms with van der Waals surface area (Å²) in [6.45, 7) is 7.66. The van der Waals surface area contributed by atoms with Crippen LogP contribution in [-0.4, -0.2) is 66.8 Å². The molecule has 2 aromatic heterocycles. The van der Waals surface area contributed by atoms with Crippen LogP contribution in [0.4, 0.5) is 0 Å². The van der Waals surface area contributed by atoms with Crippen molar-refractivity contribution in [2.24, 2.45) is 0 Å². The van der Waals surface area contributed by atoms with E-state index in [1.54, 1.807) is 12.4 Å². The van der Waals surface area contributed by atoms with Crippen molar-refractivity contribution in [1.29, 1.82) is 0 Å². The lowest BCUT2D eigenvalue weighted by Crippen LogP contribution is -2.38. The highest BCUT2D eigenvalue weighted by Crippen LogP contribution is 2.26. The topological polar surface area (TPSA) is 76.6 Å². The first kappa shape index (κ1) is 21.2. The number of aromatic nitrogens is 2. The number of hydrogen-bond donors (Lipinski definition) is 1. The quantitative estimate of drug-likeness (QED) is 0.564. The van der Waals surface area contributed by atoms with E-state index < -0.39 is 0 Å². The average molecular weight is 421 g/mol. The lowest BCUT2D eigenvalue weighted by atomic mass is 10.0. The smallest absolute Gasteiger partial charge is 0.252 e. The molecule has 1 N–H and O–H groups in total. The number of carbonyl (C=O) groups excluding carboxylic acids is 1. The van der Waals surface area contributed by atoms with Crippen LogP contribution in [0.2, 0.25) is 0 Å². The Labute approximate surface area is 182 Å². The van der Waals surface area contributed by atoms with Crippen LogP contribution in [0.5, 0.6) is 5.75 Å². The predicted octanol–water partition coefficient (Wildman–Crippen LogP) is 3.15. The molecule has 0 saturated carbocycles. The van der Waals surface area contributed by atoms with Gasteiger partial charge in [-0.05, 0) is 56.3 Å². The molecule has 7 nitrogen and oxygen atoms in total. The number of amides is 1. The number of carbonyl (C=O) groups is 1. The van der Waals surface area contributed by atoms with E-state index in [9.17, 15) is 4.79 Å². The van der Waals surface area contributed by atoms with Gasteiger partial charge in [-0.3, -0.25) is 14.7 Å². The Bertz CT molecular complexity index is 1020. The van der Waals surface area contributed by atoms with E-state index in [0.717, 1.165) is 61.7 Å². The molecular weight excluding hydrogens is 392 g/mol. The highest BCUT2D eigenvalue weighted by Gasteiger charge is 2.15. The maximum absolute atomic E-state index is 13.0. The second kappa shape index (κ2) is 10.3. The third-order valence-corrected chi connectivity index (χ3v) is 5.36. The van der Waals surface area contributed by atoms with Crippen molar-refractivity contribution in [3.05, 3.63) is 54.4 Å². The number of ether oxygens (including phenoxy) is 2. The number of nitrogens with one attached hydrogen (secondary N) is 1. The van der Waals surface area contributed by atoms with Crippen molar-refractivity contribution < 1.29 is 14.3 Å². The van der Waals surface area contributed by atoms with Gasteiger partial charge in [-0.1, -0.05) is 0 Å². The molecule has 0 unspecified atom stereocenters. The van der Waals surface area contributed by atoms with Crippen molar-refractivity contribution in [3.63, 3.8) is 0 Å². The minimum Gasteiger partial charge on any atom is -0.494 e. The second-order valence-electron chi connectivity index (χ2n) is 7.47. The molecule has 0 radical (unpaired) electrons. The van der Waals surface area contributed by atoms with Gasteiger partial charge < -0.3 is 14.8 Å². The van der Waals surface area contributed by atoms with E-state index in [1.807, 2.05) is 43.3 Å². The molecule has 1 fully saturated rings. The van der Waals surface area contributed by atoms with Crippen LogP contribution < -0.4 is 10.1 Å². The van der Waals surface area contributed by atoms with Crippen molar-refractivity contribution in [1.82, 2.24) is 20.2 Å². The van der Waals surface area contributed by atoms with Crippen LogP contribution in [0.3, 0.4) is 0 Å². The second-order valence-corrected chi connectivity index (χ2v) is 7.47. The van der Waals surface area contributed by atoms with E-state index in [0.29, 0.717) is 24.2 Å².